The van der Waals surface area contributed by atoms with E-state index in [0.29, 0.717) is 13.1 Å². The second kappa shape index (κ2) is 7.43. The zero-order valence-electron chi connectivity index (χ0n) is 12.5. The molecule has 0 radical (unpaired) electrons. The number of nitrogens with zero attached hydrogens (tertiary/aromatic N) is 4. The molecule has 2 aromatic heterocycles. The topological polar surface area (TPSA) is 50.5 Å². The normalized spacial score (nSPS) is 12.3. The van der Waals surface area contributed by atoms with Crippen molar-refractivity contribution in [3.05, 3.63) is 60.2 Å². The fourth-order valence-corrected chi connectivity index (χ4v) is 1.77. The minimum atomic E-state index is -0.177. The Morgan fingerprint density at radius 2 is 1.33 bits per heavy atom. The Hall–Kier alpha value is -2.36. The Morgan fingerprint density at radius 1 is 0.857 bits per heavy atom. The van der Waals surface area contributed by atoms with Crippen LogP contribution >= 0.6 is 0 Å². The molecule has 2 aromatic rings. The van der Waals surface area contributed by atoms with Gasteiger partial charge in [-0.1, -0.05) is 12.1 Å². The van der Waals surface area contributed by atoms with Gasteiger partial charge < -0.3 is 0 Å². The maximum Gasteiger partial charge on any atom is 0.0808 e. The summed E-state index contributed by atoms with van der Waals surface area (Å²) in [6.07, 6.45) is 7.40. The van der Waals surface area contributed by atoms with Gasteiger partial charge in [0.2, 0.25) is 0 Å². The molecular formula is C17H20N4. The van der Waals surface area contributed by atoms with Gasteiger partial charge in [0.05, 0.1) is 24.5 Å². The monoisotopic (exact) mass is 280 g/mol. The van der Waals surface area contributed by atoms with E-state index < -0.39 is 0 Å². The number of pyridine rings is 2. The average molecular weight is 280 g/mol. The van der Waals surface area contributed by atoms with Crippen LogP contribution in [0.4, 0.5) is 0 Å². The Balaban J connectivity index is 1.86. The predicted molar refractivity (Wildman–Crippen MR) is 86.6 cm³/mol. The second-order valence-electron chi connectivity index (χ2n) is 5.40. The summed E-state index contributed by atoms with van der Waals surface area (Å²) in [5, 5.41) is 0. The summed E-state index contributed by atoms with van der Waals surface area (Å²) in [5.74, 6) is 0. The average Bonchev–Trinajstić information content (AvgIpc) is 2.49. The van der Waals surface area contributed by atoms with Crippen LogP contribution < -0.4 is 0 Å². The molecule has 108 valence electrons. The standard InChI is InChI=1S/C17H20N4/c1-17(2,13-18-11-15-7-3-5-9-20-15)14-19-12-16-8-4-6-10-21-16/h3-10,13-14H,11-12H2,1-2H3. The molecule has 0 saturated heterocycles. The van der Waals surface area contributed by atoms with E-state index >= 15 is 0 Å². The molecule has 0 atom stereocenters. The van der Waals surface area contributed by atoms with Gasteiger partial charge in [-0.2, -0.15) is 0 Å². The van der Waals surface area contributed by atoms with Gasteiger partial charge >= 0.3 is 0 Å². The van der Waals surface area contributed by atoms with Crippen molar-refractivity contribution in [2.24, 2.45) is 15.4 Å². The van der Waals surface area contributed by atoms with E-state index in [0.717, 1.165) is 11.4 Å². The zero-order chi connectivity index (χ0) is 15.0. The Morgan fingerprint density at radius 3 is 1.71 bits per heavy atom. The fourth-order valence-electron chi connectivity index (χ4n) is 1.77. The quantitative estimate of drug-likeness (QED) is 0.762. The van der Waals surface area contributed by atoms with E-state index in [1.165, 1.54) is 0 Å². The summed E-state index contributed by atoms with van der Waals surface area (Å²) >= 11 is 0. The molecule has 0 spiro atoms. The van der Waals surface area contributed by atoms with Crippen molar-refractivity contribution in [1.82, 2.24) is 9.97 Å². The lowest BCUT2D eigenvalue weighted by Gasteiger charge is -2.12. The highest BCUT2D eigenvalue weighted by atomic mass is 14.8. The summed E-state index contributed by atoms with van der Waals surface area (Å²) in [6.45, 7) is 5.35. The van der Waals surface area contributed by atoms with Crippen molar-refractivity contribution in [2.75, 3.05) is 0 Å². The van der Waals surface area contributed by atoms with Gasteiger partial charge in [0.25, 0.3) is 0 Å². The Bertz CT molecular complexity index is 535. The molecule has 21 heavy (non-hydrogen) atoms. The van der Waals surface area contributed by atoms with Crippen LogP contribution in [0.2, 0.25) is 0 Å². The van der Waals surface area contributed by atoms with Crippen molar-refractivity contribution in [3.8, 4) is 0 Å². The van der Waals surface area contributed by atoms with Gasteiger partial charge in [0.1, 0.15) is 0 Å². The number of hydrogen-bond donors (Lipinski definition) is 0. The van der Waals surface area contributed by atoms with Crippen LogP contribution in [0, 0.1) is 5.41 Å². The lowest BCUT2D eigenvalue weighted by molar-refractivity contribution is 0.750. The minimum Gasteiger partial charge on any atom is -0.290 e. The molecular weight excluding hydrogens is 260 g/mol. The maximum absolute atomic E-state index is 4.44. The molecule has 0 aromatic carbocycles. The Kier molecular flexibility index (Phi) is 5.32. The molecule has 0 saturated carbocycles. The highest BCUT2D eigenvalue weighted by Gasteiger charge is 2.10. The second-order valence-corrected chi connectivity index (χ2v) is 5.40. The van der Waals surface area contributed by atoms with Crippen LogP contribution in [0.5, 0.6) is 0 Å². The molecule has 4 heteroatoms. The molecule has 0 amide bonds. The number of hydrogen-bond acceptors (Lipinski definition) is 4. The molecule has 0 bridgehead atoms. The molecule has 0 aliphatic heterocycles. The fraction of sp³-hybridized carbons (Fsp3) is 0.294. The molecule has 2 heterocycles. The third kappa shape index (κ3) is 5.65. The van der Waals surface area contributed by atoms with Crippen molar-refractivity contribution >= 4 is 12.4 Å². The van der Waals surface area contributed by atoms with Crippen LogP contribution in [0.1, 0.15) is 25.2 Å². The minimum absolute atomic E-state index is 0.177. The van der Waals surface area contributed by atoms with E-state index in [2.05, 4.69) is 33.8 Å². The van der Waals surface area contributed by atoms with Gasteiger partial charge in [-0.3, -0.25) is 20.0 Å². The molecule has 0 unspecified atom stereocenters. The molecule has 0 fully saturated rings. The van der Waals surface area contributed by atoms with E-state index in [1.54, 1.807) is 12.4 Å². The number of aliphatic imine (C=N–C) groups is 2. The number of aromatic nitrogens is 2. The van der Waals surface area contributed by atoms with E-state index in [-0.39, 0.29) is 5.41 Å². The summed E-state index contributed by atoms with van der Waals surface area (Å²) < 4.78 is 0. The predicted octanol–water partition coefficient (Wildman–Crippen LogP) is 3.34. The first-order chi connectivity index (χ1) is 10.2. The van der Waals surface area contributed by atoms with Gasteiger partial charge in [-0.25, -0.2) is 0 Å². The van der Waals surface area contributed by atoms with Gasteiger partial charge in [0.15, 0.2) is 0 Å². The molecule has 0 aliphatic carbocycles. The smallest absolute Gasteiger partial charge is 0.0808 e. The SMILES string of the molecule is CC(C)(C=NCc1ccccn1)C=NCc1ccccn1. The largest absolute Gasteiger partial charge is 0.290 e. The van der Waals surface area contributed by atoms with Crippen molar-refractivity contribution in [1.29, 1.82) is 0 Å². The molecule has 2 rings (SSSR count). The molecule has 0 aliphatic rings. The van der Waals surface area contributed by atoms with E-state index in [4.69, 9.17) is 0 Å². The molecule has 0 N–H and O–H groups in total. The van der Waals surface area contributed by atoms with Crippen LogP contribution in [-0.2, 0) is 13.1 Å². The lowest BCUT2D eigenvalue weighted by Crippen LogP contribution is -2.15. The first-order valence-electron chi connectivity index (χ1n) is 6.97. The van der Waals surface area contributed by atoms with Gasteiger partial charge in [-0.15, -0.1) is 0 Å². The summed E-state index contributed by atoms with van der Waals surface area (Å²) in [6, 6.07) is 11.7. The third-order valence-corrected chi connectivity index (χ3v) is 2.81. The third-order valence-electron chi connectivity index (χ3n) is 2.81. The highest BCUT2D eigenvalue weighted by molar-refractivity contribution is 5.87. The Labute approximate surface area is 125 Å². The van der Waals surface area contributed by atoms with Crippen molar-refractivity contribution < 1.29 is 0 Å². The van der Waals surface area contributed by atoms with Crippen molar-refractivity contribution in [2.45, 2.75) is 26.9 Å². The van der Waals surface area contributed by atoms with Crippen LogP contribution in [0.15, 0.2) is 58.8 Å². The first-order valence-corrected chi connectivity index (χ1v) is 6.97. The highest BCUT2D eigenvalue weighted by Crippen LogP contribution is 2.09. The van der Waals surface area contributed by atoms with E-state index in [9.17, 15) is 0 Å². The van der Waals surface area contributed by atoms with Crippen LogP contribution in [0.3, 0.4) is 0 Å². The summed E-state index contributed by atoms with van der Waals surface area (Å²) in [5.41, 5.74) is 1.76. The summed E-state index contributed by atoms with van der Waals surface area (Å²) in [7, 11) is 0. The molecule has 4 nitrogen and oxygen atoms in total. The maximum atomic E-state index is 4.44. The zero-order valence-corrected chi connectivity index (χ0v) is 12.5. The summed E-state index contributed by atoms with van der Waals surface area (Å²) in [4.78, 5) is 17.4. The van der Waals surface area contributed by atoms with Crippen molar-refractivity contribution in [3.63, 3.8) is 0 Å². The number of rotatable bonds is 6. The van der Waals surface area contributed by atoms with Gasteiger partial charge in [0, 0.05) is 30.2 Å². The van der Waals surface area contributed by atoms with E-state index in [1.807, 2.05) is 48.8 Å². The van der Waals surface area contributed by atoms with Crippen LogP contribution in [0.25, 0.3) is 0 Å². The first kappa shape index (κ1) is 15.0. The van der Waals surface area contributed by atoms with Gasteiger partial charge in [-0.05, 0) is 38.1 Å². The van der Waals surface area contributed by atoms with Crippen LogP contribution in [-0.4, -0.2) is 22.4 Å². The lowest BCUT2D eigenvalue weighted by atomic mass is 9.97.